The average molecular weight is 257 g/mol. The number of unbranched alkanes of at least 4 members (excludes halogenated alkanes) is 2. The van der Waals surface area contributed by atoms with Crippen LogP contribution in [0.15, 0.2) is 24.3 Å². The third-order valence-electron chi connectivity index (χ3n) is 3.16. The molecule has 1 aromatic carbocycles. The van der Waals surface area contributed by atoms with Gasteiger partial charge in [0.05, 0.1) is 4.43 Å². The van der Waals surface area contributed by atoms with Crippen LogP contribution in [0, 0.1) is 21.4 Å². The monoisotopic (exact) mass is 257 g/mol. The molecule has 0 N–H and O–H groups in total. The van der Waals surface area contributed by atoms with Gasteiger partial charge in [-0.05, 0) is 18.9 Å². The molecule has 0 aliphatic heterocycles. The van der Waals surface area contributed by atoms with E-state index in [-0.39, 0.29) is 16.9 Å². The predicted octanol–water partition coefficient (Wildman–Crippen LogP) is 2.51. The highest BCUT2D eigenvalue weighted by atomic mass is 16.5. The lowest BCUT2D eigenvalue weighted by atomic mass is 10.1. The molecule has 0 aliphatic rings. The fraction of sp³-hybridized carbons (Fsp3) is 0.357. The summed E-state index contributed by atoms with van der Waals surface area (Å²) in [6.45, 7) is 2.06. The van der Waals surface area contributed by atoms with Crippen molar-refractivity contribution < 1.29 is 4.43 Å². The van der Waals surface area contributed by atoms with Gasteiger partial charge in [-0.15, -0.1) is 0 Å². The van der Waals surface area contributed by atoms with E-state index in [1.807, 2.05) is 6.07 Å². The first-order chi connectivity index (χ1) is 9.20. The fourth-order valence-corrected chi connectivity index (χ4v) is 2.16. The van der Waals surface area contributed by atoms with Gasteiger partial charge in [0.15, 0.2) is 6.07 Å². The minimum atomic E-state index is -0.0928. The lowest BCUT2D eigenvalue weighted by Gasteiger charge is -2.17. The van der Waals surface area contributed by atoms with E-state index < -0.39 is 0 Å². The van der Waals surface area contributed by atoms with Gasteiger partial charge in [0.2, 0.25) is 0 Å². The molecule has 0 unspecified atom stereocenters. The molecule has 5 heteroatoms. The van der Waals surface area contributed by atoms with Crippen molar-refractivity contribution in [1.82, 2.24) is 4.73 Å². The zero-order valence-electron chi connectivity index (χ0n) is 10.8. The SMILES string of the molecule is CCCCCc1c(C#N)[n+](=O)c2ccccc2n1[O-]. The maximum atomic E-state index is 12.3. The molecular formula is C14H15N3O2. The standard InChI is InChI=1S/C14H15N3O2/c1-2-3-4-7-13-14(10-15)17(19)12-9-6-5-8-11(12)16(13)18/h5-6,8-9H,2-4,7H2,1H3. The Hall–Kier alpha value is -2.35. The zero-order valence-corrected chi connectivity index (χ0v) is 10.8. The molecule has 2 aromatic rings. The highest BCUT2D eigenvalue weighted by molar-refractivity contribution is 5.72. The first-order valence-electron chi connectivity index (χ1n) is 6.37. The number of nitrogens with zero attached hydrogens (tertiary/aromatic N) is 3. The van der Waals surface area contributed by atoms with E-state index in [0.717, 1.165) is 24.0 Å². The molecule has 0 radical (unpaired) electrons. The Bertz CT molecular complexity index is 698. The van der Waals surface area contributed by atoms with Crippen LogP contribution in [0.5, 0.6) is 0 Å². The molecule has 19 heavy (non-hydrogen) atoms. The lowest BCUT2D eigenvalue weighted by Crippen LogP contribution is -2.26. The molecule has 1 heterocycles. The smallest absolute Gasteiger partial charge is 0.358 e. The quantitative estimate of drug-likeness (QED) is 0.623. The second kappa shape index (κ2) is 5.53. The number of hydrogen-bond donors (Lipinski definition) is 0. The van der Waals surface area contributed by atoms with Crippen LogP contribution < -0.4 is 4.43 Å². The van der Waals surface area contributed by atoms with Crippen molar-refractivity contribution in [2.75, 3.05) is 0 Å². The van der Waals surface area contributed by atoms with Gasteiger partial charge in [-0.1, -0.05) is 31.9 Å². The van der Waals surface area contributed by atoms with Crippen molar-refractivity contribution in [3.63, 3.8) is 0 Å². The van der Waals surface area contributed by atoms with Crippen molar-refractivity contribution in [2.24, 2.45) is 0 Å². The molecule has 5 nitrogen and oxygen atoms in total. The summed E-state index contributed by atoms with van der Waals surface area (Å²) in [6.07, 6.45) is 3.24. The summed E-state index contributed by atoms with van der Waals surface area (Å²) in [4.78, 5) is 12.1. The lowest BCUT2D eigenvalue weighted by molar-refractivity contribution is -0.468. The molecule has 0 saturated carbocycles. The van der Waals surface area contributed by atoms with Crippen LogP contribution in [0.2, 0.25) is 0 Å². The number of rotatable bonds is 4. The molecular weight excluding hydrogens is 242 g/mol. The minimum absolute atomic E-state index is 0.0928. The summed E-state index contributed by atoms with van der Waals surface area (Å²) in [5, 5.41) is 21.4. The summed E-state index contributed by atoms with van der Waals surface area (Å²) in [5.74, 6) is 0. The Morgan fingerprint density at radius 1 is 1.37 bits per heavy atom. The van der Waals surface area contributed by atoms with Gasteiger partial charge >= 0.3 is 5.69 Å². The van der Waals surface area contributed by atoms with Gasteiger partial charge < -0.3 is 9.94 Å². The third kappa shape index (κ3) is 2.29. The van der Waals surface area contributed by atoms with Gasteiger partial charge in [0, 0.05) is 11.0 Å². The Balaban J connectivity index is 2.65. The van der Waals surface area contributed by atoms with E-state index in [1.54, 1.807) is 24.3 Å². The molecule has 0 amide bonds. The normalized spacial score (nSPS) is 10.5. The summed E-state index contributed by atoms with van der Waals surface area (Å²) >= 11 is 0. The number of fused-ring (bicyclic) bond motifs is 1. The van der Waals surface area contributed by atoms with Crippen LogP contribution in [0.3, 0.4) is 0 Å². The van der Waals surface area contributed by atoms with E-state index in [9.17, 15) is 10.1 Å². The summed E-state index contributed by atoms with van der Waals surface area (Å²) < 4.78 is 1.28. The van der Waals surface area contributed by atoms with E-state index in [2.05, 4.69) is 6.92 Å². The molecule has 2 rings (SSSR count). The topological polar surface area (TPSA) is 74.8 Å². The molecule has 98 valence electrons. The predicted molar refractivity (Wildman–Crippen MR) is 72.0 cm³/mol. The Morgan fingerprint density at radius 2 is 2.11 bits per heavy atom. The average Bonchev–Trinajstić information content (AvgIpc) is 2.44. The van der Waals surface area contributed by atoms with E-state index >= 15 is 0 Å². The minimum Gasteiger partial charge on any atom is -0.805 e. The first-order valence-corrected chi connectivity index (χ1v) is 6.37. The van der Waals surface area contributed by atoms with Crippen molar-refractivity contribution in [1.29, 1.82) is 5.26 Å². The Kier molecular flexibility index (Phi) is 3.81. The van der Waals surface area contributed by atoms with Crippen molar-refractivity contribution >= 4 is 11.0 Å². The van der Waals surface area contributed by atoms with Gasteiger partial charge in [0.25, 0.3) is 5.52 Å². The van der Waals surface area contributed by atoms with Crippen LogP contribution in [-0.2, 0) is 6.42 Å². The third-order valence-corrected chi connectivity index (χ3v) is 3.16. The summed E-state index contributed by atoms with van der Waals surface area (Å²) in [6, 6.07) is 8.38. The number of hydrogen-bond acceptors (Lipinski definition) is 3. The van der Waals surface area contributed by atoms with Crippen molar-refractivity contribution in [2.45, 2.75) is 32.6 Å². The van der Waals surface area contributed by atoms with Crippen molar-refractivity contribution in [3.8, 4) is 6.07 Å². The number of para-hydroxylation sites is 2. The molecule has 0 spiro atoms. The molecule has 0 bridgehead atoms. The van der Waals surface area contributed by atoms with Gasteiger partial charge in [-0.25, -0.2) is 0 Å². The maximum absolute atomic E-state index is 12.3. The van der Waals surface area contributed by atoms with Crippen LogP contribution in [-0.4, -0.2) is 4.73 Å². The van der Waals surface area contributed by atoms with Gasteiger partial charge in [-0.3, -0.25) is 0 Å². The van der Waals surface area contributed by atoms with E-state index in [1.165, 1.54) is 0 Å². The Labute approximate surface area is 110 Å². The van der Waals surface area contributed by atoms with E-state index in [0.29, 0.717) is 16.4 Å². The molecule has 1 aromatic heterocycles. The Morgan fingerprint density at radius 3 is 2.79 bits per heavy atom. The highest BCUT2D eigenvalue weighted by Gasteiger charge is 2.21. The number of aromatic nitrogens is 2. The van der Waals surface area contributed by atoms with Crippen LogP contribution in [0.1, 0.15) is 37.6 Å². The zero-order chi connectivity index (χ0) is 13.8. The molecule has 0 saturated heterocycles. The number of nitriles is 1. The van der Waals surface area contributed by atoms with Crippen molar-refractivity contribution in [3.05, 3.63) is 45.8 Å². The van der Waals surface area contributed by atoms with Crippen LogP contribution >= 0.6 is 0 Å². The molecule has 0 fully saturated rings. The number of benzene rings is 1. The molecule has 0 atom stereocenters. The van der Waals surface area contributed by atoms with E-state index in [4.69, 9.17) is 5.26 Å². The highest BCUT2D eigenvalue weighted by Crippen LogP contribution is 2.16. The maximum Gasteiger partial charge on any atom is 0.358 e. The summed E-state index contributed by atoms with van der Waals surface area (Å²) in [7, 11) is 0. The van der Waals surface area contributed by atoms with Gasteiger partial charge in [0.1, 0.15) is 11.2 Å². The fourth-order valence-electron chi connectivity index (χ4n) is 2.16. The summed E-state index contributed by atoms with van der Waals surface area (Å²) in [5.41, 5.74) is 0.714. The first kappa shape index (κ1) is 13.1. The van der Waals surface area contributed by atoms with Gasteiger partial charge in [-0.2, -0.15) is 5.26 Å². The second-order valence-electron chi connectivity index (χ2n) is 4.44. The molecule has 0 aliphatic carbocycles. The van der Waals surface area contributed by atoms with Crippen LogP contribution in [0.4, 0.5) is 0 Å². The van der Waals surface area contributed by atoms with Crippen LogP contribution in [0.25, 0.3) is 11.0 Å². The second-order valence-corrected chi connectivity index (χ2v) is 4.44. The largest absolute Gasteiger partial charge is 0.805 e.